The topological polar surface area (TPSA) is 31.4 Å². The van der Waals surface area contributed by atoms with Crippen LogP contribution in [0.3, 0.4) is 0 Å². The second kappa shape index (κ2) is 8.46. The number of hydrogen-bond donors (Lipinski definition) is 1. The van der Waals surface area contributed by atoms with Gasteiger partial charge in [-0.2, -0.15) is 0 Å². The number of anilines is 1. The number of aromatic nitrogens is 1. The highest BCUT2D eigenvalue weighted by molar-refractivity contribution is 5.46. The zero-order chi connectivity index (χ0) is 15.9. The minimum absolute atomic E-state index is 0.798. The maximum atomic E-state index is 4.69. The Morgan fingerprint density at radius 1 is 1.22 bits per heavy atom. The summed E-state index contributed by atoms with van der Waals surface area (Å²) in [5.41, 5.74) is 1.34. The highest BCUT2D eigenvalue weighted by Crippen LogP contribution is 2.20. The molecule has 0 saturated carbocycles. The molecule has 0 amide bonds. The molecule has 1 N–H and O–H groups in total. The van der Waals surface area contributed by atoms with Gasteiger partial charge in [-0.1, -0.05) is 18.2 Å². The normalized spacial score (nSPS) is 23.0. The molecule has 1 atom stereocenters. The summed E-state index contributed by atoms with van der Waals surface area (Å²) in [5, 5.41) is 3.66. The summed E-state index contributed by atoms with van der Waals surface area (Å²) in [6.45, 7) is 6.54. The Hall–Kier alpha value is -1.39. The van der Waals surface area contributed by atoms with E-state index in [2.05, 4.69) is 46.4 Å². The van der Waals surface area contributed by atoms with Crippen LogP contribution in [-0.2, 0) is 6.54 Å². The molecule has 23 heavy (non-hydrogen) atoms. The Morgan fingerprint density at radius 2 is 2.17 bits per heavy atom. The van der Waals surface area contributed by atoms with Gasteiger partial charge in [-0.25, -0.2) is 4.98 Å². The van der Waals surface area contributed by atoms with Gasteiger partial charge in [0.1, 0.15) is 5.82 Å². The van der Waals surface area contributed by atoms with Crippen molar-refractivity contribution in [3.63, 3.8) is 0 Å². The van der Waals surface area contributed by atoms with Crippen LogP contribution in [0.1, 0.15) is 31.2 Å². The van der Waals surface area contributed by atoms with Crippen LogP contribution < -0.4 is 10.2 Å². The molecule has 2 heterocycles. The SMILES string of the molecule is CN1CCCN(c2ncccc2CNC[C@H]2CC=CCC2)CC1. The van der Waals surface area contributed by atoms with Gasteiger partial charge in [-0.15, -0.1) is 0 Å². The Bertz CT molecular complexity index is 514. The van der Waals surface area contributed by atoms with Crippen LogP contribution in [0.5, 0.6) is 0 Å². The van der Waals surface area contributed by atoms with Crippen LogP contribution >= 0.6 is 0 Å². The molecule has 0 spiro atoms. The van der Waals surface area contributed by atoms with E-state index in [0.29, 0.717) is 0 Å². The second-order valence-corrected chi connectivity index (χ2v) is 6.91. The van der Waals surface area contributed by atoms with Crippen molar-refractivity contribution in [3.8, 4) is 0 Å². The molecular weight excluding hydrogens is 284 g/mol. The molecule has 2 aliphatic rings. The molecule has 0 radical (unpaired) electrons. The Labute approximate surface area is 140 Å². The van der Waals surface area contributed by atoms with Crippen LogP contribution in [0.2, 0.25) is 0 Å². The number of nitrogens with zero attached hydrogens (tertiary/aromatic N) is 3. The molecule has 1 aliphatic heterocycles. The molecule has 0 unspecified atom stereocenters. The van der Waals surface area contributed by atoms with Crippen LogP contribution in [0.15, 0.2) is 30.5 Å². The van der Waals surface area contributed by atoms with Crippen molar-refractivity contribution in [2.24, 2.45) is 5.92 Å². The van der Waals surface area contributed by atoms with Crippen molar-refractivity contribution in [2.45, 2.75) is 32.2 Å². The fraction of sp³-hybridized carbons (Fsp3) is 0.632. The molecule has 1 aromatic heterocycles. The maximum Gasteiger partial charge on any atom is 0.133 e. The van der Waals surface area contributed by atoms with E-state index in [0.717, 1.165) is 38.6 Å². The molecule has 1 aromatic rings. The average molecular weight is 314 g/mol. The highest BCUT2D eigenvalue weighted by atomic mass is 15.2. The molecule has 1 aliphatic carbocycles. The first-order valence-corrected chi connectivity index (χ1v) is 9.06. The summed E-state index contributed by atoms with van der Waals surface area (Å²) in [6.07, 6.45) is 11.6. The quantitative estimate of drug-likeness (QED) is 0.847. The minimum atomic E-state index is 0.798. The number of pyridine rings is 1. The standard InChI is InChI=1S/C19H30N4/c1-22-11-6-12-23(14-13-22)19-18(9-5-10-21-19)16-20-15-17-7-3-2-4-8-17/h2-3,5,9-10,17,20H,4,6-8,11-16H2,1H3/t17-/m0/s1. The first kappa shape index (κ1) is 16.5. The molecular formula is C19H30N4. The van der Waals surface area contributed by atoms with E-state index in [1.807, 2.05) is 6.20 Å². The lowest BCUT2D eigenvalue weighted by Gasteiger charge is -2.25. The van der Waals surface area contributed by atoms with Gasteiger partial charge in [0.25, 0.3) is 0 Å². The van der Waals surface area contributed by atoms with E-state index in [1.54, 1.807) is 0 Å². The number of rotatable bonds is 5. The predicted molar refractivity (Wildman–Crippen MR) is 96.8 cm³/mol. The summed E-state index contributed by atoms with van der Waals surface area (Å²) in [7, 11) is 2.21. The number of hydrogen-bond acceptors (Lipinski definition) is 4. The summed E-state index contributed by atoms with van der Waals surface area (Å²) < 4.78 is 0. The van der Waals surface area contributed by atoms with E-state index < -0.39 is 0 Å². The Morgan fingerprint density at radius 3 is 3.04 bits per heavy atom. The summed E-state index contributed by atoms with van der Waals surface area (Å²) in [4.78, 5) is 9.57. The van der Waals surface area contributed by atoms with E-state index in [4.69, 9.17) is 4.98 Å². The van der Waals surface area contributed by atoms with Gasteiger partial charge in [0.05, 0.1) is 0 Å². The van der Waals surface area contributed by atoms with Gasteiger partial charge < -0.3 is 15.1 Å². The Balaban J connectivity index is 1.57. The minimum Gasteiger partial charge on any atom is -0.355 e. The zero-order valence-electron chi connectivity index (χ0n) is 14.4. The monoisotopic (exact) mass is 314 g/mol. The van der Waals surface area contributed by atoms with Crippen molar-refractivity contribution in [2.75, 3.05) is 44.7 Å². The number of likely N-dealkylation sites (N-methyl/N-ethyl adjacent to an activating group) is 1. The van der Waals surface area contributed by atoms with Crippen LogP contribution in [0.4, 0.5) is 5.82 Å². The molecule has 0 bridgehead atoms. The lowest BCUT2D eigenvalue weighted by atomic mass is 9.94. The van der Waals surface area contributed by atoms with Crippen molar-refractivity contribution in [1.82, 2.24) is 15.2 Å². The summed E-state index contributed by atoms with van der Waals surface area (Å²) in [5.74, 6) is 1.98. The van der Waals surface area contributed by atoms with Crippen molar-refractivity contribution >= 4 is 5.82 Å². The third-order valence-electron chi connectivity index (χ3n) is 5.01. The van der Waals surface area contributed by atoms with E-state index in [-0.39, 0.29) is 0 Å². The third-order valence-corrected chi connectivity index (χ3v) is 5.01. The number of allylic oxidation sites excluding steroid dienone is 2. The van der Waals surface area contributed by atoms with Crippen molar-refractivity contribution in [1.29, 1.82) is 0 Å². The van der Waals surface area contributed by atoms with Crippen LogP contribution in [-0.4, -0.2) is 49.7 Å². The van der Waals surface area contributed by atoms with Crippen LogP contribution in [0.25, 0.3) is 0 Å². The predicted octanol–water partition coefficient (Wildman–Crippen LogP) is 2.67. The van der Waals surface area contributed by atoms with E-state index >= 15 is 0 Å². The Kier molecular flexibility index (Phi) is 6.06. The molecule has 1 saturated heterocycles. The van der Waals surface area contributed by atoms with Crippen molar-refractivity contribution in [3.05, 3.63) is 36.0 Å². The lowest BCUT2D eigenvalue weighted by molar-refractivity contribution is 0.360. The fourth-order valence-corrected chi connectivity index (χ4v) is 3.56. The first-order chi connectivity index (χ1) is 11.3. The van der Waals surface area contributed by atoms with Crippen LogP contribution in [0, 0.1) is 5.92 Å². The third kappa shape index (κ3) is 4.79. The molecule has 0 aromatic carbocycles. The average Bonchev–Trinajstić information content (AvgIpc) is 2.81. The van der Waals surface area contributed by atoms with Gasteiger partial charge in [0.15, 0.2) is 0 Å². The second-order valence-electron chi connectivity index (χ2n) is 6.91. The molecule has 4 nitrogen and oxygen atoms in total. The maximum absolute atomic E-state index is 4.69. The highest BCUT2D eigenvalue weighted by Gasteiger charge is 2.16. The smallest absolute Gasteiger partial charge is 0.133 e. The number of nitrogens with one attached hydrogen (secondary N) is 1. The zero-order valence-corrected chi connectivity index (χ0v) is 14.4. The summed E-state index contributed by atoms with van der Waals surface area (Å²) in [6, 6.07) is 4.29. The fourth-order valence-electron chi connectivity index (χ4n) is 3.56. The lowest BCUT2D eigenvalue weighted by Crippen LogP contribution is -2.31. The van der Waals surface area contributed by atoms with Gasteiger partial charge in [-0.05, 0) is 57.8 Å². The van der Waals surface area contributed by atoms with E-state index in [1.165, 1.54) is 43.6 Å². The molecule has 3 rings (SSSR count). The van der Waals surface area contributed by atoms with E-state index in [9.17, 15) is 0 Å². The van der Waals surface area contributed by atoms with Crippen molar-refractivity contribution < 1.29 is 0 Å². The van der Waals surface area contributed by atoms with Gasteiger partial charge >= 0.3 is 0 Å². The molecule has 1 fully saturated rings. The summed E-state index contributed by atoms with van der Waals surface area (Å²) >= 11 is 0. The van der Waals surface area contributed by atoms with Gasteiger partial charge in [-0.3, -0.25) is 0 Å². The molecule has 4 heteroatoms. The first-order valence-electron chi connectivity index (χ1n) is 9.06. The van der Waals surface area contributed by atoms with Gasteiger partial charge in [0.2, 0.25) is 0 Å². The van der Waals surface area contributed by atoms with Gasteiger partial charge in [0, 0.05) is 37.9 Å². The molecule has 126 valence electrons. The largest absolute Gasteiger partial charge is 0.355 e.